The van der Waals surface area contributed by atoms with E-state index in [4.69, 9.17) is 9.47 Å². The molecule has 1 saturated heterocycles. The van der Waals surface area contributed by atoms with E-state index in [0.717, 1.165) is 26.1 Å². The Morgan fingerprint density at radius 3 is 3.00 bits per heavy atom. The van der Waals surface area contributed by atoms with Gasteiger partial charge in [0, 0.05) is 19.1 Å². The van der Waals surface area contributed by atoms with Crippen molar-refractivity contribution in [3.05, 3.63) is 35.4 Å². The summed E-state index contributed by atoms with van der Waals surface area (Å²) in [6.07, 6.45) is 1.08. The quantitative estimate of drug-likeness (QED) is 0.906. The third kappa shape index (κ3) is 2.88. The first-order chi connectivity index (χ1) is 9.78. The minimum Gasteiger partial charge on any atom is -0.394 e. The molecule has 1 aromatic carbocycles. The van der Waals surface area contributed by atoms with E-state index >= 15 is 0 Å². The minimum atomic E-state index is -0.0648. The predicted molar refractivity (Wildman–Crippen MR) is 76.7 cm³/mol. The fourth-order valence-corrected chi connectivity index (χ4v) is 3.08. The number of rotatable bonds is 3. The molecule has 0 aromatic heterocycles. The van der Waals surface area contributed by atoms with Gasteiger partial charge in [0.1, 0.15) is 0 Å². The normalized spacial score (nSPS) is 31.0. The highest BCUT2D eigenvalue weighted by molar-refractivity contribution is 5.31. The summed E-state index contributed by atoms with van der Waals surface area (Å²) in [5, 5.41) is 9.28. The zero-order valence-electron chi connectivity index (χ0n) is 12.0. The molecule has 0 bridgehead atoms. The van der Waals surface area contributed by atoms with Gasteiger partial charge in [-0.15, -0.1) is 0 Å². The van der Waals surface area contributed by atoms with Crippen LogP contribution in [0.1, 0.15) is 24.2 Å². The number of fused-ring (bicyclic) bond motifs is 1. The van der Waals surface area contributed by atoms with E-state index in [9.17, 15) is 5.11 Å². The van der Waals surface area contributed by atoms with E-state index in [2.05, 4.69) is 36.1 Å². The molecule has 3 unspecified atom stereocenters. The molecular weight excluding hydrogens is 254 g/mol. The number of aliphatic hydroxyl groups excluding tert-OH is 1. The summed E-state index contributed by atoms with van der Waals surface area (Å²) in [6, 6.07) is 8.92. The van der Waals surface area contributed by atoms with Crippen molar-refractivity contribution in [2.75, 3.05) is 32.9 Å². The third-order valence-electron chi connectivity index (χ3n) is 4.33. The topological polar surface area (TPSA) is 41.9 Å². The van der Waals surface area contributed by atoms with Gasteiger partial charge >= 0.3 is 0 Å². The molecule has 0 amide bonds. The molecule has 4 heteroatoms. The SMILES string of the molecule is CC1COC(CO)CN1CC1OCCc2ccccc21. The molecule has 0 saturated carbocycles. The Morgan fingerprint density at radius 2 is 2.15 bits per heavy atom. The number of ether oxygens (including phenoxy) is 2. The maximum atomic E-state index is 9.28. The number of hydrogen-bond donors (Lipinski definition) is 1. The van der Waals surface area contributed by atoms with Gasteiger partial charge in [-0.3, -0.25) is 4.90 Å². The van der Waals surface area contributed by atoms with E-state index in [0.29, 0.717) is 12.6 Å². The highest BCUT2D eigenvalue weighted by Gasteiger charge is 2.30. The van der Waals surface area contributed by atoms with Crippen LogP contribution in [-0.4, -0.2) is 55.1 Å². The second kappa shape index (κ2) is 6.22. The summed E-state index contributed by atoms with van der Waals surface area (Å²) in [7, 11) is 0. The van der Waals surface area contributed by atoms with E-state index < -0.39 is 0 Å². The molecule has 2 aliphatic rings. The van der Waals surface area contributed by atoms with Crippen molar-refractivity contribution in [2.24, 2.45) is 0 Å². The average Bonchev–Trinajstić information content (AvgIpc) is 2.50. The lowest BCUT2D eigenvalue weighted by Gasteiger charge is -2.40. The second-order valence-electron chi connectivity index (χ2n) is 5.75. The van der Waals surface area contributed by atoms with Gasteiger partial charge in [-0.25, -0.2) is 0 Å². The van der Waals surface area contributed by atoms with Gasteiger partial charge in [0.05, 0.1) is 32.0 Å². The molecule has 2 heterocycles. The van der Waals surface area contributed by atoms with Crippen molar-refractivity contribution in [1.29, 1.82) is 0 Å². The molecule has 1 aromatic rings. The molecule has 0 aliphatic carbocycles. The Kier molecular flexibility index (Phi) is 4.36. The molecule has 1 N–H and O–H groups in total. The van der Waals surface area contributed by atoms with Gasteiger partial charge < -0.3 is 14.6 Å². The number of nitrogens with zero attached hydrogens (tertiary/aromatic N) is 1. The molecule has 1 fully saturated rings. The van der Waals surface area contributed by atoms with Crippen molar-refractivity contribution < 1.29 is 14.6 Å². The van der Waals surface area contributed by atoms with Crippen LogP contribution in [0.15, 0.2) is 24.3 Å². The van der Waals surface area contributed by atoms with Gasteiger partial charge in [0.15, 0.2) is 0 Å². The van der Waals surface area contributed by atoms with Crippen LogP contribution in [0, 0.1) is 0 Å². The van der Waals surface area contributed by atoms with Crippen LogP contribution >= 0.6 is 0 Å². The monoisotopic (exact) mass is 277 g/mol. The number of benzene rings is 1. The number of aliphatic hydroxyl groups is 1. The van der Waals surface area contributed by atoms with Gasteiger partial charge in [-0.05, 0) is 24.5 Å². The van der Waals surface area contributed by atoms with Crippen molar-refractivity contribution >= 4 is 0 Å². The lowest BCUT2D eigenvalue weighted by Crippen LogP contribution is -2.51. The summed E-state index contributed by atoms with van der Waals surface area (Å²) in [4.78, 5) is 2.37. The summed E-state index contributed by atoms with van der Waals surface area (Å²) < 4.78 is 11.6. The maximum absolute atomic E-state index is 9.28. The molecule has 3 rings (SSSR count). The molecule has 0 radical (unpaired) electrons. The number of hydrogen-bond acceptors (Lipinski definition) is 4. The number of morpholine rings is 1. The summed E-state index contributed by atoms with van der Waals surface area (Å²) in [6.45, 7) is 5.38. The Morgan fingerprint density at radius 1 is 1.30 bits per heavy atom. The molecule has 4 nitrogen and oxygen atoms in total. The highest BCUT2D eigenvalue weighted by atomic mass is 16.5. The first-order valence-electron chi connectivity index (χ1n) is 7.44. The van der Waals surface area contributed by atoms with E-state index in [1.54, 1.807) is 0 Å². The smallest absolute Gasteiger partial charge is 0.0954 e. The van der Waals surface area contributed by atoms with Crippen molar-refractivity contribution in [3.8, 4) is 0 Å². The van der Waals surface area contributed by atoms with Gasteiger partial charge in [-0.2, -0.15) is 0 Å². The van der Waals surface area contributed by atoms with Crippen molar-refractivity contribution in [2.45, 2.75) is 31.6 Å². The van der Waals surface area contributed by atoms with E-state index in [-0.39, 0.29) is 18.8 Å². The first kappa shape index (κ1) is 14.0. The summed E-state index contributed by atoms with van der Waals surface area (Å²) in [5.41, 5.74) is 2.72. The van der Waals surface area contributed by atoms with Crippen LogP contribution < -0.4 is 0 Å². The van der Waals surface area contributed by atoms with Crippen LogP contribution in [0.3, 0.4) is 0 Å². The minimum absolute atomic E-state index is 0.0648. The van der Waals surface area contributed by atoms with Gasteiger partial charge in [0.25, 0.3) is 0 Å². The molecule has 0 spiro atoms. The summed E-state index contributed by atoms with van der Waals surface area (Å²) in [5.74, 6) is 0. The molecule has 110 valence electrons. The fraction of sp³-hybridized carbons (Fsp3) is 0.625. The highest BCUT2D eigenvalue weighted by Crippen LogP contribution is 2.28. The van der Waals surface area contributed by atoms with Crippen molar-refractivity contribution in [3.63, 3.8) is 0 Å². The zero-order chi connectivity index (χ0) is 13.9. The summed E-state index contributed by atoms with van der Waals surface area (Å²) >= 11 is 0. The molecule has 2 aliphatic heterocycles. The Hall–Kier alpha value is -0.940. The largest absolute Gasteiger partial charge is 0.394 e. The first-order valence-corrected chi connectivity index (χ1v) is 7.44. The van der Waals surface area contributed by atoms with Crippen LogP contribution in [0.5, 0.6) is 0 Å². The Labute approximate surface area is 120 Å². The standard InChI is InChI=1S/C16H23NO3/c1-12-11-20-14(10-18)8-17(12)9-16-15-5-3-2-4-13(15)6-7-19-16/h2-5,12,14,16,18H,6-11H2,1H3. The van der Waals surface area contributed by atoms with Gasteiger partial charge in [-0.1, -0.05) is 24.3 Å². The molecular formula is C16H23NO3. The molecule has 3 atom stereocenters. The van der Waals surface area contributed by atoms with Crippen LogP contribution in [0.4, 0.5) is 0 Å². The van der Waals surface area contributed by atoms with Crippen LogP contribution in [0.25, 0.3) is 0 Å². The van der Waals surface area contributed by atoms with Crippen LogP contribution in [-0.2, 0) is 15.9 Å². The maximum Gasteiger partial charge on any atom is 0.0954 e. The van der Waals surface area contributed by atoms with Crippen LogP contribution in [0.2, 0.25) is 0 Å². The average molecular weight is 277 g/mol. The van der Waals surface area contributed by atoms with Crippen molar-refractivity contribution in [1.82, 2.24) is 4.90 Å². The van der Waals surface area contributed by atoms with Gasteiger partial charge in [0.2, 0.25) is 0 Å². The lowest BCUT2D eigenvalue weighted by atomic mass is 9.97. The van der Waals surface area contributed by atoms with E-state index in [1.165, 1.54) is 11.1 Å². The predicted octanol–water partition coefficient (Wildman–Crippen LogP) is 1.38. The fourth-order valence-electron chi connectivity index (χ4n) is 3.08. The van der Waals surface area contributed by atoms with E-state index in [1.807, 2.05) is 0 Å². The second-order valence-corrected chi connectivity index (χ2v) is 5.75. The third-order valence-corrected chi connectivity index (χ3v) is 4.33. The Balaban J connectivity index is 1.71. The molecule has 20 heavy (non-hydrogen) atoms. The Bertz CT molecular complexity index is 451. The lowest BCUT2D eigenvalue weighted by molar-refractivity contribution is -0.0942. The zero-order valence-corrected chi connectivity index (χ0v) is 12.0.